The summed E-state index contributed by atoms with van der Waals surface area (Å²) in [5.74, 6) is -0.607. The van der Waals surface area contributed by atoms with Crippen LogP contribution in [0.4, 0.5) is 11.4 Å². The third-order valence-corrected chi connectivity index (χ3v) is 6.57. The molecule has 0 radical (unpaired) electrons. The number of ether oxygens (including phenoxy) is 1. The van der Waals surface area contributed by atoms with Gasteiger partial charge in [0, 0.05) is 26.1 Å². The number of aryl methyl sites for hydroxylation is 1. The third kappa shape index (κ3) is 6.00. The van der Waals surface area contributed by atoms with Crippen molar-refractivity contribution in [2.24, 2.45) is 0 Å². The van der Waals surface area contributed by atoms with Crippen molar-refractivity contribution in [1.82, 2.24) is 4.31 Å². The maximum absolute atomic E-state index is 12.7. The molecule has 0 spiro atoms. The summed E-state index contributed by atoms with van der Waals surface area (Å²) < 4.78 is 31.9. The van der Waals surface area contributed by atoms with E-state index in [1.165, 1.54) is 29.4 Å². The number of carbonyl (C=O) groups excluding carboxylic acids is 2. The molecule has 8 nitrogen and oxygen atoms in total. The minimum Gasteiger partial charge on any atom is -0.379 e. The van der Waals surface area contributed by atoms with Crippen molar-refractivity contribution in [3.05, 3.63) is 59.7 Å². The molecule has 164 valence electrons. The Morgan fingerprint density at radius 3 is 2.32 bits per heavy atom. The van der Waals surface area contributed by atoms with Gasteiger partial charge < -0.3 is 15.4 Å². The van der Waals surface area contributed by atoms with Crippen LogP contribution in [0.2, 0.25) is 0 Å². The standard InChI is InChI=1S/C22H25N3O5S/c1-16-3-9-20(23-17(2)26)21(15-16)24-22(27)10-6-18-4-7-19(8-5-18)31(28,29)25-11-13-30-14-12-25/h3-10,15H,11-14H2,1-2H3,(H,23,26)(H,24,27)/b10-6+. The lowest BCUT2D eigenvalue weighted by atomic mass is 10.2. The molecular weight excluding hydrogens is 418 g/mol. The molecule has 3 rings (SSSR count). The highest BCUT2D eigenvalue weighted by Gasteiger charge is 2.25. The zero-order valence-electron chi connectivity index (χ0n) is 17.4. The van der Waals surface area contributed by atoms with Gasteiger partial charge in [-0.3, -0.25) is 9.59 Å². The van der Waals surface area contributed by atoms with E-state index in [0.29, 0.717) is 43.2 Å². The van der Waals surface area contributed by atoms with Crippen LogP contribution in [0.5, 0.6) is 0 Å². The minimum atomic E-state index is -3.55. The van der Waals surface area contributed by atoms with Crippen LogP contribution in [0.3, 0.4) is 0 Å². The Labute approximate surface area is 181 Å². The fraction of sp³-hybridized carbons (Fsp3) is 0.273. The van der Waals surface area contributed by atoms with Crippen LogP contribution in [-0.2, 0) is 24.3 Å². The number of hydrogen-bond donors (Lipinski definition) is 2. The predicted octanol–water partition coefficient (Wildman–Crippen LogP) is 2.63. The molecule has 0 saturated carbocycles. The van der Waals surface area contributed by atoms with E-state index >= 15 is 0 Å². The largest absolute Gasteiger partial charge is 0.379 e. The summed E-state index contributed by atoms with van der Waals surface area (Å²) in [5, 5.41) is 5.43. The highest BCUT2D eigenvalue weighted by atomic mass is 32.2. The van der Waals surface area contributed by atoms with Gasteiger partial charge >= 0.3 is 0 Å². The number of benzene rings is 2. The maximum Gasteiger partial charge on any atom is 0.248 e. The lowest BCUT2D eigenvalue weighted by molar-refractivity contribution is -0.114. The SMILES string of the molecule is CC(=O)Nc1ccc(C)cc1NC(=O)/C=C/c1ccc(S(=O)(=O)N2CCOCC2)cc1. The second-order valence-corrected chi connectivity index (χ2v) is 9.08. The van der Waals surface area contributed by atoms with E-state index in [2.05, 4.69) is 10.6 Å². The van der Waals surface area contributed by atoms with Crippen molar-refractivity contribution < 1.29 is 22.7 Å². The first-order valence-electron chi connectivity index (χ1n) is 9.81. The first-order chi connectivity index (χ1) is 14.8. The molecule has 1 fully saturated rings. The van der Waals surface area contributed by atoms with Gasteiger partial charge in [0.1, 0.15) is 0 Å². The van der Waals surface area contributed by atoms with Gasteiger partial charge in [0.15, 0.2) is 0 Å². The molecule has 31 heavy (non-hydrogen) atoms. The van der Waals surface area contributed by atoms with E-state index in [1.807, 2.05) is 13.0 Å². The summed E-state index contributed by atoms with van der Waals surface area (Å²) in [6, 6.07) is 11.7. The molecule has 9 heteroatoms. The predicted molar refractivity (Wildman–Crippen MR) is 119 cm³/mol. The first kappa shape index (κ1) is 22.7. The molecule has 0 atom stereocenters. The van der Waals surface area contributed by atoms with Crippen molar-refractivity contribution in [2.75, 3.05) is 36.9 Å². The summed E-state index contributed by atoms with van der Waals surface area (Å²) in [6.45, 7) is 4.73. The number of hydrogen-bond acceptors (Lipinski definition) is 5. The van der Waals surface area contributed by atoms with E-state index < -0.39 is 10.0 Å². The van der Waals surface area contributed by atoms with Crippen LogP contribution in [0, 0.1) is 6.92 Å². The van der Waals surface area contributed by atoms with Gasteiger partial charge in [0.05, 0.1) is 29.5 Å². The molecule has 0 aliphatic carbocycles. The van der Waals surface area contributed by atoms with Crippen molar-refractivity contribution in [3.63, 3.8) is 0 Å². The van der Waals surface area contributed by atoms with Crippen molar-refractivity contribution in [2.45, 2.75) is 18.7 Å². The van der Waals surface area contributed by atoms with Crippen molar-refractivity contribution >= 4 is 39.3 Å². The number of rotatable bonds is 6. The molecule has 1 saturated heterocycles. The van der Waals surface area contributed by atoms with E-state index in [4.69, 9.17) is 4.74 Å². The van der Waals surface area contributed by atoms with Crippen LogP contribution in [0.1, 0.15) is 18.1 Å². The zero-order chi connectivity index (χ0) is 22.4. The summed E-state index contributed by atoms with van der Waals surface area (Å²) >= 11 is 0. The third-order valence-electron chi connectivity index (χ3n) is 4.66. The van der Waals surface area contributed by atoms with Gasteiger partial charge in [0.25, 0.3) is 0 Å². The smallest absolute Gasteiger partial charge is 0.248 e. The number of nitrogens with one attached hydrogen (secondary N) is 2. The summed E-state index contributed by atoms with van der Waals surface area (Å²) in [6.07, 6.45) is 2.94. The van der Waals surface area contributed by atoms with Crippen molar-refractivity contribution in [3.8, 4) is 0 Å². The van der Waals surface area contributed by atoms with Crippen LogP contribution in [0.25, 0.3) is 6.08 Å². The molecule has 1 aliphatic heterocycles. The Morgan fingerprint density at radius 2 is 1.68 bits per heavy atom. The number of nitrogens with zero attached hydrogens (tertiary/aromatic N) is 1. The van der Waals surface area contributed by atoms with Crippen LogP contribution in [0.15, 0.2) is 53.4 Å². The van der Waals surface area contributed by atoms with Gasteiger partial charge in [-0.1, -0.05) is 18.2 Å². The Balaban J connectivity index is 1.68. The second-order valence-electron chi connectivity index (χ2n) is 7.14. The summed E-state index contributed by atoms with van der Waals surface area (Å²) in [5.41, 5.74) is 2.63. The summed E-state index contributed by atoms with van der Waals surface area (Å²) in [4.78, 5) is 23.9. The average Bonchev–Trinajstić information content (AvgIpc) is 2.75. The highest BCUT2D eigenvalue weighted by molar-refractivity contribution is 7.89. The highest BCUT2D eigenvalue weighted by Crippen LogP contribution is 2.23. The Bertz CT molecular complexity index is 1090. The lowest BCUT2D eigenvalue weighted by Crippen LogP contribution is -2.40. The summed E-state index contributed by atoms with van der Waals surface area (Å²) in [7, 11) is -3.55. The molecule has 2 N–H and O–H groups in total. The number of sulfonamides is 1. The van der Waals surface area contributed by atoms with Crippen LogP contribution >= 0.6 is 0 Å². The molecule has 0 unspecified atom stereocenters. The number of amides is 2. The van der Waals surface area contributed by atoms with E-state index in [0.717, 1.165) is 5.56 Å². The fourth-order valence-corrected chi connectivity index (χ4v) is 4.50. The zero-order valence-corrected chi connectivity index (χ0v) is 18.2. The molecule has 0 bridgehead atoms. The molecule has 2 aromatic rings. The molecule has 2 amide bonds. The van der Waals surface area contributed by atoms with E-state index in [-0.39, 0.29) is 16.7 Å². The van der Waals surface area contributed by atoms with Gasteiger partial charge in [0.2, 0.25) is 21.8 Å². The lowest BCUT2D eigenvalue weighted by Gasteiger charge is -2.26. The van der Waals surface area contributed by atoms with E-state index in [9.17, 15) is 18.0 Å². The minimum absolute atomic E-state index is 0.204. The van der Waals surface area contributed by atoms with Gasteiger partial charge in [-0.25, -0.2) is 8.42 Å². The van der Waals surface area contributed by atoms with Crippen LogP contribution in [-0.4, -0.2) is 50.8 Å². The Morgan fingerprint density at radius 1 is 1.00 bits per heavy atom. The Hall–Kier alpha value is -3.01. The maximum atomic E-state index is 12.7. The first-order valence-corrected chi connectivity index (χ1v) is 11.2. The van der Waals surface area contributed by atoms with Gasteiger partial charge in [-0.05, 0) is 48.4 Å². The van der Waals surface area contributed by atoms with E-state index in [1.54, 1.807) is 30.3 Å². The van der Waals surface area contributed by atoms with Gasteiger partial charge in [-0.15, -0.1) is 0 Å². The second kappa shape index (κ2) is 9.86. The van der Waals surface area contributed by atoms with Crippen molar-refractivity contribution in [1.29, 1.82) is 0 Å². The molecule has 1 heterocycles. The van der Waals surface area contributed by atoms with Crippen LogP contribution < -0.4 is 10.6 Å². The molecular formula is C22H25N3O5S. The number of morpholine rings is 1. The number of anilines is 2. The van der Waals surface area contributed by atoms with Gasteiger partial charge in [-0.2, -0.15) is 4.31 Å². The normalized spacial score (nSPS) is 15.0. The quantitative estimate of drug-likeness (QED) is 0.668. The fourth-order valence-electron chi connectivity index (χ4n) is 3.09. The Kier molecular flexibility index (Phi) is 7.21. The average molecular weight is 444 g/mol. The molecule has 2 aromatic carbocycles. The molecule has 1 aliphatic rings. The monoisotopic (exact) mass is 443 g/mol. The topological polar surface area (TPSA) is 105 Å². The molecule has 0 aromatic heterocycles. The number of carbonyl (C=O) groups is 2.